The number of nitro groups is 1. The summed E-state index contributed by atoms with van der Waals surface area (Å²) in [6.07, 6.45) is 2.14. The Morgan fingerprint density at radius 3 is 2.52 bits per heavy atom. The molecule has 2 aliphatic rings. The van der Waals surface area contributed by atoms with Crippen LogP contribution in [0.2, 0.25) is 0 Å². The van der Waals surface area contributed by atoms with Gasteiger partial charge in [0.15, 0.2) is 0 Å². The minimum absolute atomic E-state index is 0.0406. The monoisotopic (exact) mass is 349 g/mol. The highest BCUT2D eigenvalue weighted by Crippen LogP contribution is 2.35. The minimum Gasteiger partial charge on any atom is -0.378 e. The number of nitrogen functional groups attached to an aromatic ring is 1. The molecule has 9 nitrogen and oxygen atoms in total. The van der Waals surface area contributed by atoms with Gasteiger partial charge in [-0.05, 0) is 25.3 Å². The van der Waals surface area contributed by atoms with Crippen molar-refractivity contribution in [1.29, 1.82) is 0 Å². The molecule has 1 aromatic heterocycles. The van der Waals surface area contributed by atoms with Crippen LogP contribution in [0.1, 0.15) is 26.7 Å². The van der Waals surface area contributed by atoms with Gasteiger partial charge < -0.3 is 20.4 Å². The van der Waals surface area contributed by atoms with E-state index in [2.05, 4.69) is 33.6 Å². The van der Waals surface area contributed by atoms with Gasteiger partial charge in [0.05, 0.1) is 4.92 Å². The van der Waals surface area contributed by atoms with Crippen molar-refractivity contribution in [1.82, 2.24) is 14.9 Å². The summed E-state index contributed by atoms with van der Waals surface area (Å²) in [5, 5.41) is 11.5. The average Bonchev–Trinajstić information content (AvgIpc) is 2.60. The first-order valence-electron chi connectivity index (χ1n) is 9.03. The van der Waals surface area contributed by atoms with Crippen molar-refractivity contribution in [3.05, 3.63) is 10.1 Å². The molecule has 138 valence electrons. The number of piperidine rings is 1. The molecule has 1 atom stereocenters. The van der Waals surface area contributed by atoms with E-state index in [1.165, 1.54) is 0 Å². The van der Waals surface area contributed by atoms with Gasteiger partial charge in [-0.1, -0.05) is 13.8 Å². The summed E-state index contributed by atoms with van der Waals surface area (Å²) in [5.41, 5.74) is 5.81. The van der Waals surface area contributed by atoms with Crippen molar-refractivity contribution in [2.45, 2.75) is 26.7 Å². The van der Waals surface area contributed by atoms with Crippen LogP contribution in [-0.2, 0) is 0 Å². The maximum Gasteiger partial charge on any atom is 0.353 e. The van der Waals surface area contributed by atoms with Crippen LogP contribution in [0.25, 0.3) is 0 Å². The average molecular weight is 349 g/mol. The van der Waals surface area contributed by atoms with Crippen molar-refractivity contribution in [3.63, 3.8) is 0 Å². The predicted octanol–water partition coefficient (Wildman–Crippen LogP) is 1.35. The molecule has 9 heteroatoms. The molecule has 0 aliphatic carbocycles. The van der Waals surface area contributed by atoms with Crippen molar-refractivity contribution in [2.24, 2.45) is 5.92 Å². The molecule has 0 spiro atoms. The smallest absolute Gasteiger partial charge is 0.353 e. The van der Waals surface area contributed by atoms with E-state index in [9.17, 15) is 10.1 Å². The number of likely N-dealkylation sites (N-methyl/N-ethyl adjacent to an activating group) is 1. The lowest BCUT2D eigenvalue weighted by atomic mass is 10.0. The van der Waals surface area contributed by atoms with Gasteiger partial charge in [-0.3, -0.25) is 10.1 Å². The molecule has 2 saturated heterocycles. The zero-order valence-electron chi connectivity index (χ0n) is 15.0. The summed E-state index contributed by atoms with van der Waals surface area (Å²) < 4.78 is 0. The van der Waals surface area contributed by atoms with Gasteiger partial charge in [0.2, 0.25) is 17.6 Å². The fourth-order valence-corrected chi connectivity index (χ4v) is 3.63. The van der Waals surface area contributed by atoms with Gasteiger partial charge in [0.25, 0.3) is 0 Å². The maximum absolute atomic E-state index is 11.5. The molecule has 1 aromatic rings. The number of aromatic nitrogens is 2. The largest absolute Gasteiger partial charge is 0.378 e. The van der Waals surface area contributed by atoms with Gasteiger partial charge in [-0.2, -0.15) is 9.97 Å². The molecular formula is C16H27N7O2. The van der Waals surface area contributed by atoms with Gasteiger partial charge in [-0.15, -0.1) is 0 Å². The van der Waals surface area contributed by atoms with E-state index in [0.717, 1.165) is 58.7 Å². The quantitative estimate of drug-likeness (QED) is 0.641. The van der Waals surface area contributed by atoms with Crippen molar-refractivity contribution < 1.29 is 4.92 Å². The zero-order valence-corrected chi connectivity index (χ0v) is 15.0. The van der Waals surface area contributed by atoms with E-state index in [-0.39, 0.29) is 11.5 Å². The molecule has 2 fully saturated rings. The van der Waals surface area contributed by atoms with Crippen LogP contribution < -0.4 is 15.5 Å². The Labute approximate surface area is 148 Å². The number of hydrogen-bond donors (Lipinski definition) is 1. The second-order valence-electron chi connectivity index (χ2n) is 6.95. The summed E-state index contributed by atoms with van der Waals surface area (Å²) in [4.78, 5) is 26.3. The number of anilines is 3. The van der Waals surface area contributed by atoms with Crippen LogP contribution in [0, 0.1) is 16.0 Å². The van der Waals surface area contributed by atoms with E-state index in [0.29, 0.717) is 17.7 Å². The van der Waals surface area contributed by atoms with E-state index in [1.807, 2.05) is 4.90 Å². The van der Waals surface area contributed by atoms with Crippen molar-refractivity contribution in [3.8, 4) is 0 Å². The van der Waals surface area contributed by atoms with E-state index in [4.69, 9.17) is 5.73 Å². The minimum atomic E-state index is -0.456. The maximum atomic E-state index is 11.5. The van der Waals surface area contributed by atoms with Crippen molar-refractivity contribution >= 4 is 23.3 Å². The van der Waals surface area contributed by atoms with Crippen LogP contribution in [0.4, 0.5) is 23.3 Å². The Bertz CT molecular complexity index is 631. The van der Waals surface area contributed by atoms with Gasteiger partial charge in [0, 0.05) is 39.3 Å². The Morgan fingerprint density at radius 1 is 1.20 bits per heavy atom. The second-order valence-corrected chi connectivity index (χ2v) is 6.95. The number of nitrogens with two attached hydrogens (primary N) is 1. The predicted molar refractivity (Wildman–Crippen MR) is 98.0 cm³/mol. The molecule has 1 unspecified atom stereocenters. The third-order valence-corrected chi connectivity index (χ3v) is 5.12. The van der Waals surface area contributed by atoms with E-state index < -0.39 is 4.92 Å². The fraction of sp³-hybridized carbons (Fsp3) is 0.750. The SMILES string of the molecule is CCN1CCN(c2nc(N)c([N+](=O)[O-])c(N3CCCC(C)C3)n2)CC1. The van der Waals surface area contributed by atoms with Crippen LogP contribution in [0.3, 0.4) is 0 Å². The Hall–Kier alpha value is -2.16. The first kappa shape index (κ1) is 17.7. The lowest BCUT2D eigenvalue weighted by molar-refractivity contribution is -0.383. The molecule has 3 heterocycles. The van der Waals surface area contributed by atoms with Crippen LogP contribution in [-0.4, -0.2) is 65.6 Å². The third kappa shape index (κ3) is 3.76. The Morgan fingerprint density at radius 2 is 1.92 bits per heavy atom. The van der Waals surface area contributed by atoms with Gasteiger partial charge in [-0.25, -0.2) is 0 Å². The summed E-state index contributed by atoms with van der Waals surface area (Å²) in [6, 6.07) is 0. The summed E-state index contributed by atoms with van der Waals surface area (Å²) in [7, 11) is 0. The standard InChI is InChI=1S/C16H27N7O2/c1-3-20-7-9-21(10-8-20)16-18-14(17)13(23(24)25)15(19-16)22-6-4-5-12(2)11-22/h12H,3-11H2,1-2H3,(H2,17,18,19). The topological polar surface area (TPSA) is 105 Å². The number of rotatable bonds is 4. The van der Waals surface area contributed by atoms with Crippen LogP contribution in [0.5, 0.6) is 0 Å². The zero-order chi connectivity index (χ0) is 18.0. The molecule has 0 aromatic carbocycles. The summed E-state index contributed by atoms with van der Waals surface area (Å²) in [5.74, 6) is 1.33. The highest BCUT2D eigenvalue weighted by molar-refractivity contribution is 5.71. The molecular weight excluding hydrogens is 322 g/mol. The third-order valence-electron chi connectivity index (χ3n) is 5.12. The number of nitrogens with zero attached hydrogens (tertiary/aromatic N) is 6. The lowest BCUT2D eigenvalue weighted by Crippen LogP contribution is -2.47. The normalized spacial score (nSPS) is 22.2. The highest BCUT2D eigenvalue weighted by atomic mass is 16.6. The molecule has 3 rings (SSSR count). The van der Waals surface area contributed by atoms with Gasteiger partial charge >= 0.3 is 5.69 Å². The van der Waals surface area contributed by atoms with E-state index in [1.54, 1.807) is 0 Å². The first-order valence-corrected chi connectivity index (χ1v) is 9.03. The molecule has 0 radical (unpaired) electrons. The Kier molecular flexibility index (Phi) is 5.22. The molecule has 2 aliphatic heterocycles. The highest BCUT2D eigenvalue weighted by Gasteiger charge is 2.31. The lowest BCUT2D eigenvalue weighted by Gasteiger charge is -2.35. The second kappa shape index (κ2) is 7.38. The molecule has 0 amide bonds. The molecule has 0 saturated carbocycles. The van der Waals surface area contributed by atoms with Crippen LogP contribution >= 0.6 is 0 Å². The van der Waals surface area contributed by atoms with Crippen LogP contribution in [0.15, 0.2) is 0 Å². The van der Waals surface area contributed by atoms with E-state index >= 15 is 0 Å². The Balaban J connectivity index is 1.92. The molecule has 25 heavy (non-hydrogen) atoms. The number of piperazine rings is 1. The number of hydrogen-bond acceptors (Lipinski definition) is 8. The molecule has 0 bridgehead atoms. The summed E-state index contributed by atoms with van der Waals surface area (Å²) >= 11 is 0. The summed E-state index contributed by atoms with van der Waals surface area (Å²) in [6.45, 7) is 10.3. The first-order chi connectivity index (χ1) is 12.0. The van der Waals surface area contributed by atoms with Crippen molar-refractivity contribution in [2.75, 3.05) is 61.3 Å². The fourth-order valence-electron chi connectivity index (χ4n) is 3.63. The van der Waals surface area contributed by atoms with Gasteiger partial charge in [0.1, 0.15) is 0 Å². The molecule has 2 N–H and O–H groups in total.